The third kappa shape index (κ3) is 2.90. The molecule has 1 aromatic carbocycles. The molecule has 106 valence electrons. The highest BCUT2D eigenvalue weighted by molar-refractivity contribution is 5.57. The van der Waals surface area contributed by atoms with E-state index >= 15 is 0 Å². The molecule has 0 bridgehead atoms. The molecule has 0 aliphatic carbocycles. The molecule has 1 fully saturated rings. The van der Waals surface area contributed by atoms with Crippen LogP contribution in [-0.2, 0) is 0 Å². The standard InChI is InChI=1S/C15H23FN2O/c1-10(17-3)13-5-4-6-14(16)15(13)18-8-7-12(9-18)11(2)19/h4-6,10-12,17,19H,7-9H2,1-3H3. The van der Waals surface area contributed by atoms with Gasteiger partial charge >= 0.3 is 0 Å². The van der Waals surface area contributed by atoms with Crippen LogP contribution in [0.25, 0.3) is 0 Å². The summed E-state index contributed by atoms with van der Waals surface area (Å²) in [4.78, 5) is 2.07. The van der Waals surface area contributed by atoms with Crippen LogP contribution in [0.3, 0.4) is 0 Å². The number of hydrogen-bond acceptors (Lipinski definition) is 3. The zero-order chi connectivity index (χ0) is 14.0. The number of hydrogen-bond donors (Lipinski definition) is 2. The van der Waals surface area contributed by atoms with Crippen molar-refractivity contribution in [2.24, 2.45) is 5.92 Å². The summed E-state index contributed by atoms with van der Waals surface area (Å²) in [6.07, 6.45) is 0.585. The monoisotopic (exact) mass is 266 g/mol. The molecule has 1 aromatic rings. The Bertz CT molecular complexity index is 436. The normalized spacial score (nSPS) is 22.6. The molecule has 0 radical (unpaired) electrons. The molecule has 0 aromatic heterocycles. The third-order valence-electron chi connectivity index (χ3n) is 4.14. The van der Waals surface area contributed by atoms with Gasteiger partial charge < -0.3 is 15.3 Å². The van der Waals surface area contributed by atoms with Crippen molar-refractivity contribution in [3.63, 3.8) is 0 Å². The van der Waals surface area contributed by atoms with Crippen LogP contribution in [0.4, 0.5) is 10.1 Å². The van der Waals surface area contributed by atoms with Crippen LogP contribution in [0, 0.1) is 11.7 Å². The van der Waals surface area contributed by atoms with Crippen LogP contribution in [0.5, 0.6) is 0 Å². The lowest BCUT2D eigenvalue weighted by Gasteiger charge is -2.25. The summed E-state index contributed by atoms with van der Waals surface area (Å²) in [6.45, 7) is 5.37. The SMILES string of the molecule is CNC(C)c1cccc(F)c1N1CCC(C(C)O)C1. The number of nitrogens with one attached hydrogen (secondary N) is 1. The van der Waals surface area contributed by atoms with Crippen molar-refractivity contribution in [2.75, 3.05) is 25.0 Å². The van der Waals surface area contributed by atoms with Crippen molar-refractivity contribution in [1.82, 2.24) is 5.32 Å². The van der Waals surface area contributed by atoms with E-state index in [9.17, 15) is 9.50 Å². The van der Waals surface area contributed by atoms with Gasteiger partial charge in [-0.15, -0.1) is 0 Å². The van der Waals surface area contributed by atoms with Crippen molar-refractivity contribution >= 4 is 5.69 Å². The number of para-hydroxylation sites is 1. The van der Waals surface area contributed by atoms with Crippen molar-refractivity contribution in [1.29, 1.82) is 0 Å². The lowest BCUT2D eigenvalue weighted by atomic mass is 10.0. The van der Waals surface area contributed by atoms with Gasteiger partial charge in [0.25, 0.3) is 0 Å². The number of benzene rings is 1. The topological polar surface area (TPSA) is 35.5 Å². The Balaban J connectivity index is 2.29. The van der Waals surface area contributed by atoms with Crippen LogP contribution in [-0.4, -0.2) is 31.3 Å². The Hall–Kier alpha value is -1.13. The summed E-state index contributed by atoms with van der Waals surface area (Å²) in [5.41, 5.74) is 1.67. The summed E-state index contributed by atoms with van der Waals surface area (Å²) in [7, 11) is 1.88. The minimum Gasteiger partial charge on any atom is -0.393 e. The zero-order valence-electron chi connectivity index (χ0n) is 11.9. The first kappa shape index (κ1) is 14.3. The molecule has 1 aliphatic rings. The molecule has 1 saturated heterocycles. The van der Waals surface area contributed by atoms with Gasteiger partial charge in [0, 0.05) is 25.0 Å². The Morgan fingerprint density at radius 3 is 2.74 bits per heavy atom. The lowest BCUT2D eigenvalue weighted by molar-refractivity contribution is 0.136. The molecule has 0 saturated carbocycles. The average molecular weight is 266 g/mol. The Morgan fingerprint density at radius 2 is 2.16 bits per heavy atom. The summed E-state index contributed by atoms with van der Waals surface area (Å²) in [5.74, 6) is 0.0585. The van der Waals surface area contributed by atoms with E-state index in [2.05, 4.69) is 10.2 Å². The first-order valence-electron chi connectivity index (χ1n) is 6.93. The largest absolute Gasteiger partial charge is 0.393 e. The Morgan fingerprint density at radius 1 is 1.42 bits per heavy atom. The first-order chi connectivity index (χ1) is 9.04. The molecular formula is C15H23FN2O. The van der Waals surface area contributed by atoms with Crippen LogP contribution in [0.2, 0.25) is 0 Å². The lowest BCUT2D eigenvalue weighted by Crippen LogP contribution is -2.27. The van der Waals surface area contributed by atoms with Gasteiger partial charge in [0.1, 0.15) is 5.82 Å². The van der Waals surface area contributed by atoms with Crippen molar-refractivity contribution in [3.05, 3.63) is 29.6 Å². The Labute approximate surface area is 114 Å². The van der Waals surface area contributed by atoms with Crippen LogP contribution in [0.1, 0.15) is 31.9 Å². The number of aliphatic hydroxyl groups excluding tert-OH is 1. The maximum absolute atomic E-state index is 14.2. The zero-order valence-corrected chi connectivity index (χ0v) is 11.9. The second-order valence-electron chi connectivity index (χ2n) is 5.42. The fourth-order valence-corrected chi connectivity index (χ4v) is 2.75. The molecule has 3 atom stereocenters. The van der Waals surface area contributed by atoms with Gasteiger partial charge in [-0.3, -0.25) is 0 Å². The van der Waals surface area contributed by atoms with E-state index in [4.69, 9.17) is 0 Å². The second kappa shape index (κ2) is 5.88. The van der Waals surface area contributed by atoms with E-state index < -0.39 is 0 Å². The van der Waals surface area contributed by atoms with Gasteiger partial charge in [0.05, 0.1) is 11.8 Å². The highest BCUT2D eigenvalue weighted by Crippen LogP contribution is 2.33. The first-order valence-corrected chi connectivity index (χ1v) is 6.93. The fourth-order valence-electron chi connectivity index (χ4n) is 2.75. The number of nitrogens with zero attached hydrogens (tertiary/aromatic N) is 1. The van der Waals surface area contributed by atoms with Gasteiger partial charge in [0.2, 0.25) is 0 Å². The molecule has 1 heterocycles. The molecule has 2 rings (SSSR count). The Kier molecular flexibility index (Phi) is 4.42. The highest BCUT2D eigenvalue weighted by atomic mass is 19.1. The number of rotatable bonds is 4. The molecule has 2 N–H and O–H groups in total. The van der Waals surface area contributed by atoms with Gasteiger partial charge in [-0.05, 0) is 38.9 Å². The van der Waals surface area contributed by atoms with Gasteiger partial charge in [0.15, 0.2) is 0 Å². The van der Waals surface area contributed by atoms with Crippen molar-refractivity contribution in [2.45, 2.75) is 32.4 Å². The summed E-state index contributed by atoms with van der Waals surface area (Å²) in [6, 6.07) is 5.34. The molecule has 4 heteroatoms. The quantitative estimate of drug-likeness (QED) is 0.878. The summed E-state index contributed by atoms with van der Waals surface area (Å²) < 4.78 is 14.2. The predicted molar refractivity (Wildman–Crippen MR) is 75.9 cm³/mol. The molecular weight excluding hydrogens is 243 g/mol. The fraction of sp³-hybridized carbons (Fsp3) is 0.600. The van der Waals surface area contributed by atoms with Gasteiger partial charge in [-0.25, -0.2) is 4.39 Å². The maximum Gasteiger partial charge on any atom is 0.146 e. The second-order valence-corrected chi connectivity index (χ2v) is 5.42. The molecule has 19 heavy (non-hydrogen) atoms. The minimum absolute atomic E-state index is 0.108. The third-order valence-corrected chi connectivity index (χ3v) is 4.14. The molecule has 3 unspecified atom stereocenters. The van der Waals surface area contributed by atoms with Crippen LogP contribution in [0.15, 0.2) is 18.2 Å². The van der Waals surface area contributed by atoms with Gasteiger partial charge in [-0.1, -0.05) is 12.1 Å². The van der Waals surface area contributed by atoms with E-state index in [0.717, 1.165) is 25.1 Å². The highest BCUT2D eigenvalue weighted by Gasteiger charge is 2.29. The van der Waals surface area contributed by atoms with Crippen LogP contribution >= 0.6 is 0 Å². The smallest absolute Gasteiger partial charge is 0.146 e. The molecule has 0 spiro atoms. The average Bonchev–Trinajstić information content (AvgIpc) is 2.87. The van der Waals surface area contributed by atoms with Gasteiger partial charge in [-0.2, -0.15) is 0 Å². The minimum atomic E-state index is -0.332. The predicted octanol–water partition coefficient (Wildman–Crippen LogP) is 2.31. The maximum atomic E-state index is 14.2. The summed E-state index contributed by atoms with van der Waals surface area (Å²) in [5, 5.41) is 12.8. The van der Waals surface area contributed by atoms with E-state index in [1.165, 1.54) is 6.07 Å². The number of halogens is 1. The van der Waals surface area contributed by atoms with E-state index in [-0.39, 0.29) is 23.9 Å². The number of aliphatic hydroxyl groups is 1. The molecule has 3 nitrogen and oxygen atoms in total. The summed E-state index contributed by atoms with van der Waals surface area (Å²) >= 11 is 0. The van der Waals surface area contributed by atoms with E-state index in [1.54, 1.807) is 6.07 Å². The van der Waals surface area contributed by atoms with E-state index in [1.807, 2.05) is 27.0 Å². The van der Waals surface area contributed by atoms with E-state index in [0.29, 0.717) is 5.69 Å². The molecule has 1 aliphatic heterocycles. The molecule has 0 amide bonds. The van der Waals surface area contributed by atoms with Crippen LogP contribution < -0.4 is 10.2 Å². The number of anilines is 1. The van der Waals surface area contributed by atoms with Crippen molar-refractivity contribution < 1.29 is 9.50 Å². The van der Waals surface area contributed by atoms with Crippen molar-refractivity contribution in [3.8, 4) is 0 Å².